The molecule has 1 unspecified atom stereocenters. The topological polar surface area (TPSA) is 0 Å². The standard InChI is InChI=1S/C24H33I/c1-7-18(2)20-10-8-19(9-11-20)16-17-23(3,4)21-12-14-22(15-13-21)24(5,6)25/h8-15,18H,7,16-17H2,1-6H3. The van der Waals surface area contributed by atoms with E-state index in [9.17, 15) is 0 Å². The van der Waals surface area contributed by atoms with Crippen LogP contribution in [0.15, 0.2) is 48.5 Å². The van der Waals surface area contributed by atoms with Gasteiger partial charge in [0.15, 0.2) is 0 Å². The molecule has 0 radical (unpaired) electrons. The van der Waals surface area contributed by atoms with Crippen molar-refractivity contribution in [2.45, 2.75) is 75.6 Å². The van der Waals surface area contributed by atoms with Crippen molar-refractivity contribution in [3.05, 3.63) is 70.8 Å². The number of hydrogen-bond acceptors (Lipinski definition) is 0. The van der Waals surface area contributed by atoms with Gasteiger partial charge in [0.25, 0.3) is 0 Å². The molecule has 2 aromatic rings. The van der Waals surface area contributed by atoms with Gasteiger partial charge in [-0.1, -0.05) is 98.8 Å². The van der Waals surface area contributed by atoms with Crippen LogP contribution in [0.25, 0.3) is 0 Å². The molecule has 0 spiro atoms. The molecule has 0 N–H and O–H groups in total. The fourth-order valence-corrected chi connectivity index (χ4v) is 3.53. The van der Waals surface area contributed by atoms with E-state index in [1.54, 1.807) is 0 Å². The van der Waals surface area contributed by atoms with Crippen LogP contribution in [0.2, 0.25) is 0 Å². The van der Waals surface area contributed by atoms with E-state index in [0.29, 0.717) is 5.92 Å². The van der Waals surface area contributed by atoms with Crippen LogP contribution >= 0.6 is 22.6 Å². The molecule has 1 heteroatoms. The smallest absolute Gasteiger partial charge is 0.0414 e. The number of rotatable bonds is 7. The molecular weight excluding hydrogens is 415 g/mol. The first-order chi connectivity index (χ1) is 11.6. The fourth-order valence-electron chi connectivity index (χ4n) is 3.17. The normalized spacial score (nSPS) is 13.7. The third kappa shape index (κ3) is 5.57. The van der Waals surface area contributed by atoms with Crippen molar-refractivity contribution in [3.63, 3.8) is 0 Å². The Morgan fingerprint density at radius 3 is 1.84 bits per heavy atom. The summed E-state index contributed by atoms with van der Waals surface area (Å²) >= 11 is 2.51. The third-order valence-corrected chi connectivity index (χ3v) is 6.18. The summed E-state index contributed by atoms with van der Waals surface area (Å²) in [5, 5.41) is 0. The Hall–Kier alpha value is -0.830. The Bertz CT molecular complexity index is 657. The highest BCUT2D eigenvalue weighted by Crippen LogP contribution is 2.34. The Kier molecular flexibility index (Phi) is 6.75. The van der Waals surface area contributed by atoms with Crippen molar-refractivity contribution in [2.24, 2.45) is 0 Å². The highest BCUT2D eigenvalue weighted by molar-refractivity contribution is 14.1. The zero-order chi connectivity index (χ0) is 18.7. The SMILES string of the molecule is CCC(C)c1ccc(CCC(C)(C)c2ccc(C(C)(C)I)cc2)cc1. The second-order valence-corrected chi connectivity index (χ2v) is 11.2. The van der Waals surface area contributed by atoms with Crippen LogP contribution in [0.5, 0.6) is 0 Å². The summed E-state index contributed by atoms with van der Waals surface area (Å²) in [6, 6.07) is 18.5. The molecule has 0 aromatic heterocycles. The minimum atomic E-state index is 0.192. The zero-order valence-corrected chi connectivity index (χ0v) is 18.9. The Labute approximate surface area is 168 Å². The zero-order valence-electron chi connectivity index (χ0n) is 16.7. The maximum atomic E-state index is 2.51. The first-order valence-electron chi connectivity index (χ1n) is 9.52. The van der Waals surface area contributed by atoms with Gasteiger partial charge in [-0.3, -0.25) is 0 Å². The molecule has 136 valence electrons. The van der Waals surface area contributed by atoms with E-state index in [1.165, 1.54) is 35.1 Å². The molecule has 0 aliphatic heterocycles. The molecule has 0 amide bonds. The van der Waals surface area contributed by atoms with Gasteiger partial charge < -0.3 is 0 Å². The fraction of sp³-hybridized carbons (Fsp3) is 0.500. The largest absolute Gasteiger partial charge is 0.0743 e. The highest BCUT2D eigenvalue weighted by atomic mass is 127. The average molecular weight is 448 g/mol. The summed E-state index contributed by atoms with van der Waals surface area (Å²) < 4.78 is 0.192. The minimum Gasteiger partial charge on any atom is -0.0743 e. The van der Waals surface area contributed by atoms with Gasteiger partial charge in [-0.2, -0.15) is 0 Å². The number of alkyl halides is 1. The van der Waals surface area contributed by atoms with Crippen LogP contribution in [0, 0.1) is 0 Å². The summed E-state index contributed by atoms with van der Waals surface area (Å²) in [6.45, 7) is 13.8. The molecule has 1 atom stereocenters. The van der Waals surface area contributed by atoms with Crippen LogP contribution in [0.3, 0.4) is 0 Å². The molecule has 25 heavy (non-hydrogen) atoms. The van der Waals surface area contributed by atoms with E-state index in [2.05, 4.69) is 113 Å². The summed E-state index contributed by atoms with van der Waals surface area (Å²) in [5.74, 6) is 0.658. The lowest BCUT2D eigenvalue weighted by atomic mass is 9.79. The summed E-state index contributed by atoms with van der Waals surface area (Å²) in [5.41, 5.74) is 5.94. The number of hydrogen-bond donors (Lipinski definition) is 0. The quantitative estimate of drug-likeness (QED) is 0.300. The van der Waals surface area contributed by atoms with Gasteiger partial charge in [-0.05, 0) is 66.7 Å². The van der Waals surface area contributed by atoms with Gasteiger partial charge in [-0.25, -0.2) is 0 Å². The van der Waals surface area contributed by atoms with Crippen LogP contribution < -0.4 is 0 Å². The van der Waals surface area contributed by atoms with Gasteiger partial charge in [0.05, 0.1) is 0 Å². The van der Waals surface area contributed by atoms with Gasteiger partial charge in [0.2, 0.25) is 0 Å². The first kappa shape index (κ1) is 20.5. The molecule has 0 aliphatic rings. The second kappa shape index (κ2) is 8.24. The number of benzene rings is 2. The Morgan fingerprint density at radius 2 is 1.36 bits per heavy atom. The molecule has 2 aromatic carbocycles. The van der Waals surface area contributed by atoms with Crippen molar-refractivity contribution >= 4 is 22.6 Å². The van der Waals surface area contributed by atoms with Crippen LogP contribution in [0.1, 0.15) is 82.6 Å². The Balaban J connectivity index is 2.03. The van der Waals surface area contributed by atoms with Crippen molar-refractivity contribution < 1.29 is 0 Å². The van der Waals surface area contributed by atoms with Crippen LogP contribution in [-0.4, -0.2) is 0 Å². The van der Waals surface area contributed by atoms with E-state index in [1.807, 2.05) is 0 Å². The van der Waals surface area contributed by atoms with E-state index < -0.39 is 0 Å². The van der Waals surface area contributed by atoms with E-state index in [-0.39, 0.29) is 8.84 Å². The maximum absolute atomic E-state index is 2.51. The van der Waals surface area contributed by atoms with Crippen LogP contribution in [0.4, 0.5) is 0 Å². The van der Waals surface area contributed by atoms with Gasteiger partial charge in [0, 0.05) is 3.42 Å². The molecule has 0 heterocycles. The van der Waals surface area contributed by atoms with Crippen molar-refractivity contribution in [2.75, 3.05) is 0 Å². The van der Waals surface area contributed by atoms with E-state index in [4.69, 9.17) is 0 Å². The first-order valence-corrected chi connectivity index (χ1v) is 10.6. The Morgan fingerprint density at radius 1 is 0.840 bits per heavy atom. The van der Waals surface area contributed by atoms with Crippen LogP contribution in [-0.2, 0) is 15.3 Å². The molecule has 0 fully saturated rings. The lowest BCUT2D eigenvalue weighted by Gasteiger charge is -2.27. The average Bonchev–Trinajstić information content (AvgIpc) is 2.59. The van der Waals surface area contributed by atoms with Gasteiger partial charge >= 0.3 is 0 Å². The molecular formula is C24H33I. The molecule has 0 saturated carbocycles. The van der Waals surface area contributed by atoms with Crippen molar-refractivity contribution in [3.8, 4) is 0 Å². The van der Waals surface area contributed by atoms with E-state index >= 15 is 0 Å². The van der Waals surface area contributed by atoms with E-state index in [0.717, 1.165) is 6.42 Å². The lowest BCUT2D eigenvalue weighted by Crippen LogP contribution is -2.18. The monoisotopic (exact) mass is 448 g/mol. The minimum absolute atomic E-state index is 0.192. The predicted molar refractivity (Wildman–Crippen MR) is 120 cm³/mol. The summed E-state index contributed by atoms with van der Waals surface area (Å²) in [4.78, 5) is 0. The lowest BCUT2D eigenvalue weighted by molar-refractivity contribution is 0.479. The predicted octanol–water partition coefficient (Wildman–Crippen LogP) is 7.78. The summed E-state index contributed by atoms with van der Waals surface area (Å²) in [7, 11) is 0. The molecule has 0 saturated heterocycles. The molecule has 0 bridgehead atoms. The van der Waals surface area contributed by atoms with Crippen molar-refractivity contribution in [1.82, 2.24) is 0 Å². The number of aryl methyl sites for hydroxylation is 1. The van der Waals surface area contributed by atoms with Gasteiger partial charge in [-0.15, -0.1) is 0 Å². The third-order valence-electron chi connectivity index (χ3n) is 5.55. The second-order valence-electron chi connectivity index (χ2n) is 8.48. The molecule has 2 rings (SSSR count). The van der Waals surface area contributed by atoms with Gasteiger partial charge in [0.1, 0.15) is 0 Å². The molecule has 0 aliphatic carbocycles. The highest BCUT2D eigenvalue weighted by Gasteiger charge is 2.22. The maximum Gasteiger partial charge on any atom is 0.0414 e. The number of halogens is 1. The summed E-state index contributed by atoms with van der Waals surface area (Å²) in [6.07, 6.45) is 3.51. The van der Waals surface area contributed by atoms with Crippen molar-refractivity contribution in [1.29, 1.82) is 0 Å². The molecule has 0 nitrogen and oxygen atoms in total.